The molecule has 0 spiro atoms. The van der Waals surface area contributed by atoms with Crippen molar-refractivity contribution in [2.75, 3.05) is 0 Å². The lowest BCUT2D eigenvalue weighted by molar-refractivity contribution is 0.659. The number of H-pyrrole nitrogens is 1. The Morgan fingerprint density at radius 1 is 1.19 bits per heavy atom. The van der Waals surface area contributed by atoms with E-state index in [1.54, 1.807) is 23.2 Å². The quantitative estimate of drug-likeness (QED) is 0.539. The van der Waals surface area contributed by atoms with Gasteiger partial charge in [0.15, 0.2) is 16.8 Å². The monoisotopic (exact) mass is 345 g/mol. The van der Waals surface area contributed by atoms with E-state index >= 15 is 0 Å². The van der Waals surface area contributed by atoms with Crippen LogP contribution in [-0.2, 0) is 13.0 Å². The van der Waals surface area contributed by atoms with Gasteiger partial charge in [-0.25, -0.2) is 4.98 Å². The van der Waals surface area contributed by atoms with Crippen LogP contribution in [0, 0.1) is 6.92 Å². The molecule has 0 unspecified atom stereocenters. The van der Waals surface area contributed by atoms with E-state index < -0.39 is 0 Å². The molecular weight excluding hydrogens is 330 g/mol. The Bertz CT molecular complexity index is 1330. The van der Waals surface area contributed by atoms with Crippen LogP contribution >= 0.6 is 0 Å². The summed E-state index contributed by atoms with van der Waals surface area (Å²) in [7, 11) is 0. The number of aryl methyl sites for hydroxylation is 3. The highest BCUT2D eigenvalue weighted by Crippen LogP contribution is 2.20. The van der Waals surface area contributed by atoms with Gasteiger partial charge in [-0.3, -0.25) is 9.36 Å². The summed E-state index contributed by atoms with van der Waals surface area (Å²) < 4.78 is 3.09. The molecule has 0 bridgehead atoms. The molecule has 4 aromatic heterocycles. The first-order valence-electron chi connectivity index (χ1n) is 8.33. The molecule has 5 rings (SSSR count). The largest absolute Gasteiger partial charge is 0.361 e. The zero-order valence-corrected chi connectivity index (χ0v) is 14.0. The summed E-state index contributed by atoms with van der Waals surface area (Å²) in [5.41, 5.74) is 4.47. The first-order valence-corrected chi connectivity index (χ1v) is 8.33. The highest BCUT2D eigenvalue weighted by atomic mass is 16.1. The fourth-order valence-electron chi connectivity index (χ4n) is 3.25. The van der Waals surface area contributed by atoms with E-state index in [1.165, 1.54) is 21.0 Å². The maximum absolute atomic E-state index is 12.7. The van der Waals surface area contributed by atoms with E-state index in [9.17, 15) is 4.79 Å². The molecule has 0 aliphatic carbocycles. The van der Waals surface area contributed by atoms with Gasteiger partial charge >= 0.3 is 0 Å². The van der Waals surface area contributed by atoms with Crippen molar-refractivity contribution in [2.45, 2.75) is 19.9 Å². The molecule has 4 heterocycles. The molecule has 5 aromatic rings. The molecule has 0 saturated heterocycles. The normalized spacial score (nSPS) is 11.7. The minimum absolute atomic E-state index is 0.212. The number of hydrogen-bond donors (Lipinski definition) is 1. The van der Waals surface area contributed by atoms with E-state index in [0.29, 0.717) is 24.3 Å². The highest BCUT2D eigenvalue weighted by molar-refractivity contribution is 5.83. The molecule has 8 nitrogen and oxygen atoms in total. The first-order chi connectivity index (χ1) is 12.7. The lowest BCUT2D eigenvalue weighted by atomic mass is 10.1. The molecule has 26 heavy (non-hydrogen) atoms. The number of hydrogen-bond acceptors (Lipinski definition) is 5. The minimum Gasteiger partial charge on any atom is -0.361 e. The molecule has 128 valence electrons. The molecule has 0 fully saturated rings. The van der Waals surface area contributed by atoms with Crippen LogP contribution in [-0.4, -0.2) is 34.3 Å². The second kappa shape index (κ2) is 5.48. The molecule has 0 aliphatic heterocycles. The predicted octanol–water partition coefficient (Wildman–Crippen LogP) is 1.87. The zero-order valence-electron chi connectivity index (χ0n) is 14.0. The van der Waals surface area contributed by atoms with E-state index in [2.05, 4.69) is 50.4 Å². The van der Waals surface area contributed by atoms with Gasteiger partial charge in [-0.1, -0.05) is 11.6 Å². The Morgan fingerprint density at radius 3 is 3.04 bits per heavy atom. The van der Waals surface area contributed by atoms with Crippen LogP contribution in [0.2, 0.25) is 0 Å². The summed E-state index contributed by atoms with van der Waals surface area (Å²) in [5, 5.41) is 13.4. The number of benzene rings is 1. The van der Waals surface area contributed by atoms with Gasteiger partial charge < -0.3 is 4.98 Å². The Balaban J connectivity index is 1.53. The molecule has 1 aromatic carbocycles. The van der Waals surface area contributed by atoms with E-state index in [4.69, 9.17) is 0 Å². The average molecular weight is 345 g/mol. The van der Waals surface area contributed by atoms with Crippen molar-refractivity contribution in [3.63, 3.8) is 0 Å². The van der Waals surface area contributed by atoms with Crippen LogP contribution in [0.3, 0.4) is 0 Å². The Hall–Kier alpha value is -3.55. The van der Waals surface area contributed by atoms with Crippen molar-refractivity contribution in [2.24, 2.45) is 0 Å². The number of rotatable bonds is 3. The van der Waals surface area contributed by atoms with E-state index in [0.717, 1.165) is 5.52 Å². The Kier molecular flexibility index (Phi) is 3.11. The molecule has 8 heteroatoms. The molecule has 0 amide bonds. The summed E-state index contributed by atoms with van der Waals surface area (Å²) >= 11 is 0. The van der Waals surface area contributed by atoms with Crippen molar-refractivity contribution < 1.29 is 0 Å². The van der Waals surface area contributed by atoms with E-state index in [1.807, 2.05) is 6.20 Å². The van der Waals surface area contributed by atoms with Crippen LogP contribution in [0.5, 0.6) is 0 Å². The first kappa shape index (κ1) is 14.8. The van der Waals surface area contributed by atoms with Gasteiger partial charge in [0.1, 0.15) is 6.33 Å². The fraction of sp³-hybridized carbons (Fsp3) is 0.167. The third-order valence-electron chi connectivity index (χ3n) is 4.62. The molecule has 0 radical (unpaired) electrons. The topological polar surface area (TPSA) is 93.8 Å². The van der Waals surface area contributed by atoms with Gasteiger partial charge in [-0.15, -0.1) is 10.2 Å². The van der Waals surface area contributed by atoms with Gasteiger partial charge in [-0.05, 0) is 31.0 Å². The number of aromatic amines is 1. The molecule has 1 N–H and O–H groups in total. The lowest BCUT2D eigenvalue weighted by Crippen LogP contribution is -2.23. The van der Waals surface area contributed by atoms with Crippen LogP contribution in [0.25, 0.3) is 27.7 Å². The molecule has 0 aliphatic rings. The van der Waals surface area contributed by atoms with Crippen molar-refractivity contribution >= 4 is 27.7 Å². The van der Waals surface area contributed by atoms with Crippen molar-refractivity contribution in [1.29, 1.82) is 0 Å². The number of aromatic nitrogens is 7. The summed E-state index contributed by atoms with van der Waals surface area (Å²) in [5.74, 6) is 0. The van der Waals surface area contributed by atoms with Crippen LogP contribution in [0.4, 0.5) is 0 Å². The second-order valence-corrected chi connectivity index (χ2v) is 6.33. The van der Waals surface area contributed by atoms with Crippen LogP contribution in [0.1, 0.15) is 11.1 Å². The smallest absolute Gasteiger partial charge is 0.283 e. The highest BCUT2D eigenvalue weighted by Gasteiger charge is 2.11. The average Bonchev–Trinajstić information content (AvgIpc) is 3.27. The third kappa shape index (κ3) is 2.19. The number of nitrogens with zero attached hydrogens (tertiary/aromatic N) is 6. The Morgan fingerprint density at radius 2 is 2.12 bits per heavy atom. The van der Waals surface area contributed by atoms with Crippen LogP contribution < -0.4 is 5.56 Å². The molecule has 0 saturated carbocycles. The fourth-order valence-corrected chi connectivity index (χ4v) is 3.25. The summed E-state index contributed by atoms with van der Waals surface area (Å²) in [6, 6.07) is 8.03. The van der Waals surface area contributed by atoms with Gasteiger partial charge in [0.05, 0.1) is 6.20 Å². The third-order valence-corrected chi connectivity index (χ3v) is 4.62. The van der Waals surface area contributed by atoms with E-state index in [-0.39, 0.29) is 11.1 Å². The maximum atomic E-state index is 12.7. The van der Waals surface area contributed by atoms with Crippen molar-refractivity contribution in [1.82, 2.24) is 34.3 Å². The molecule has 0 atom stereocenters. The minimum atomic E-state index is -0.212. The lowest BCUT2D eigenvalue weighted by Gasteiger charge is -2.06. The van der Waals surface area contributed by atoms with Gasteiger partial charge in [0.25, 0.3) is 5.56 Å². The maximum Gasteiger partial charge on any atom is 0.283 e. The number of nitrogens with one attached hydrogen (secondary N) is 1. The van der Waals surface area contributed by atoms with Gasteiger partial charge in [0.2, 0.25) is 0 Å². The second-order valence-electron chi connectivity index (χ2n) is 6.33. The van der Waals surface area contributed by atoms with Gasteiger partial charge in [0, 0.05) is 29.7 Å². The SMILES string of the molecule is Cc1ccc2[nH]cc(CCn3cnc4c(nnc5ccnn54)c3=O)c2c1. The predicted molar refractivity (Wildman–Crippen MR) is 97.1 cm³/mol. The summed E-state index contributed by atoms with van der Waals surface area (Å²) in [4.78, 5) is 20.4. The summed E-state index contributed by atoms with van der Waals surface area (Å²) in [6.07, 6.45) is 5.87. The van der Waals surface area contributed by atoms with Crippen molar-refractivity contribution in [3.05, 3.63) is 64.5 Å². The summed E-state index contributed by atoms with van der Waals surface area (Å²) in [6.45, 7) is 2.59. The standard InChI is InChI=1S/C18H15N7O/c1-11-2-3-14-13(8-11)12(9-19-14)5-7-24-10-20-17-16(18(24)26)23-22-15-4-6-21-25(15)17/h2-4,6,8-10,19H,5,7H2,1H3. The molecular formula is C18H15N7O. The zero-order chi connectivity index (χ0) is 17.7. The Labute approximate surface area is 147 Å². The van der Waals surface area contributed by atoms with Crippen LogP contribution in [0.15, 0.2) is 47.8 Å². The number of fused-ring (bicyclic) bond motifs is 4. The van der Waals surface area contributed by atoms with Crippen molar-refractivity contribution in [3.8, 4) is 0 Å². The van der Waals surface area contributed by atoms with Gasteiger partial charge in [-0.2, -0.15) is 9.61 Å².